The molecule has 2 unspecified atom stereocenters. The van der Waals surface area contributed by atoms with Gasteiger partial charge in [0.05, 0.1) is 12.6 Å². The molecule has 5 heteroatoms. The summed E-state index contributed by atoms with van der Waals surface area (Å²) in [6.07, 6.45) is 0.509. The molecule has 0 aliphatic carbocycles. The van der Waals surface area contributed by atoms with E-state index in [4.69, 9.17) is 0 Å². The maximum Gasteiger partial charge on any atom is 0.238 e. The summed E-state index contributed by atoms with van der Waals surface area (Å²) in [4.78, 5) is 14.0. The maximum absolute atomic E-state index is 11.9. The number of anilines is 1. The minimum atomic E-state index is -0.232. The van der Waals surface area contributed by atoms with E-state index in [9.17, 15) is 9.90 Å². The number of hydrogen-bond acceptors (Lipinski definition) is 3. The van der Waals surface area contributed by atoms with Crippen molar-refractivity contribution in [1.29, 1.82) is 0 Å². The van der Waals surface area contributed by atoms with Crippen molar-refractivity contribution in [2.24, 2.45) is 5.92 Å². The first kappa shape index (κ1) is 14.5. The van der Waals surface area contributed by atoms with Crippen molar-refractivity contribution in [3.05, 3.63) is 28.7 Å². The van der Waals surface area contributed by atoms with Crippen molar-refractivity contribution < 1.29 is 9.90 Å². The molecule has 0 radical (unpaired) electrons. The largest absolute Gasteiger partial charge is 0.393 e. The molecule has 1 saturated heterocycles. The Bertz CT molecular complexity index is 453. The van der Waals surface area contributed by atoms with Crippen LogP contribution >= 0.6 is 15.9 Å². The Morgan fingerprint density at radius 2 is 2.37 bits per heavy atom. The van der Waals surface area contributed by atoms with E-state index in [0.29, 0.717) is 6.54 Å². The van der Waals surface area contributed by atoms with Gasteiger partial charge < -0.3 is 10.4 Å². The zero-order valence-corrected chi connectivity index (χ0v) is 12.6. The summed E-state index contributed by atoms with van der Waals surface area (Å²) in [5, 5.41) is 12.5. The van der Waals surface area contributed by atoms with Crippen molar-refractivity contribution in [2.75, 3.05) is 25.0 Å². The van der Waals surface area contributed by atoms with Gasteiger partial charge in [-0.15, -0.1) is 0 Å². The zero-order valence-electron chi connectivity index (χ0n) is 11.0. The van der Waals surface area contributed by atoms with Crippen LogP contribution in [-0.4, -0.2) is 41.7 Å². The van der Waals surface area contributed by atoms with Gasteiger partial charge in [-0.2, -0.15) is 0 Å². The van der Waals surface area contributed by atoms with Crippen LogP contribution in [0, 0.1) is 5.92 Å². The van der Waals surface area contributed by atoms with E-state index >= 15 is 0 Å². The molecule has 4 nitrogen and oxygen atoms in total. The van der Waals surface area contributed by atoms with Crippen LogP contribution in [0.1, 0.15) is 13.3 Å². The van der Waals surface area contributed by atoms with Crippen molar-refractivity contribution in [3.8, 4) is 0 Å². The minimum absolute atomic E-state index is 0.0123. The summed E-state index contributed by atoms with van der Waals surface area (Å²) < 4.78 is 0.944. The lowest BCUT2D eigenvalue weighted by Gasteiger charge is -2.33. The lowest BCUT2D eigenvalue weighted by Crippen LogP contribution is -2.45. The Kier molecular flexibility index (Phi) is 4.96. The van der Waals surface area contributed by atoms with Crippen LogP contribution in [0.3, 0.4) is 0 Å². The summed E-state index contributed by atoms with van der Waals surface area (Å²) in [5.41, 5.74) is 0.796. The van der Waals surface area contributed by atoms with Crippen LogP contribution in [0.2, 0.25) is 0 Å². The number of nitrogens with zero attached hydrogens (tertiary/aromatic N) is 1. The van der Waals surface area contributed by atoms with Gasteiger partial charge in [0.15, 0.2) is 0 Å². The van der Waals surface area contributed by atoms with E-state index < -0.39 is 0 Å². The lowest BCUT2D eigenvalue weighted by atomic mass is 9.97. The summed E-state index contributed by atoms with van der Waals surface area (Å²) in [6.45, 7) is 3.94. The third-order valence-corrected chi connectivity index (χ3v) is 3.91. The SMILES string of the molecule is CC1CN(CC(=O)Nc2cccc(Br)c2)CCC1O. The number of carbonyl (C=O) groups excluding carboxylic acids is 1. The van der Waals surface area contributed by atoms with Crippen molar-refractivity contribution in [2.45, 2.75) is 19.4 Å². The van der Waals surface area contributed by atoms with Crippen LogP contribution in [0.25, 0.3) is 0 Å². The number of benzene rings is 1. The summed E-state index contributed by atoms with van der Waals surface area (Å²) in [6, 6.07) is 7.55. The highest BCUT2D eigenvalue weighted by atomic mass is 79.9. The maximum atomic E-state index is 11.9. The van der Waals surface area contributed by atoms with Crippen molar-refractivity contribution in [1.82, 2.24) is 4.90 Å². The molecule has 1 amide bonds. The topological polar surface area (TPSA) is 52.6 Å². The van der Waals surface area contributed by atoms with E-state index in [0.717, 1.165) is 29.7 Å². The molecule has 2 atom stereocenters. The predicted molar refractivity (Wildman–Crippen MR) is 79.0 cm³/mol. The third kappa shape index (κ3) is 4.30. The molecule has 2 rings (SSSR count). The van der Waals surface area contributed by atoms with Gasteiger partial charge in [-0.3, -0.25) is 9.69 Å². The first-order chi connectivity index (χ1) is 9.04. The highest BCUT2D eigenvalue weighted by Crippen LogP contribution is 2.17. The van der Waals surface area contributed by atoms with E-state index in [1.54, 1.807) is 0 Å². The first-order valence-electron chi connectivity index (χ1n) is 6.50. The Labute approximate surface area is 121 Å². The number of amides is 1. The van der Waals surface area contributed by atoms with E-state index in [1.165, 1.54) is 0 Å². The average Bonchev–Trinajstić information content (AvgIpc) is 2.34. The van der Waals surface area contributed by atoms with Crippen molar-refractivity contribution in [3.63, 3.8) is 0 Å². The molecule has 19 heavy (non-hydrogen) atoms. The normalized spacial score (nSPS) is 24.2. The smallest absolute Gasteiger partial charge is 0.238 e. The van der Waals surface area contributed by atoms with Gasteiger partial charge in [0, 0.05) is 23.2 Å². The highest BCUT2D eigenvalue weighted by Gasteiger charge is 2.25. The molecule has 0 bridgehead atoms. The molecule has 0 aromatic heterocycles. The molecule has 1 aromatic carbocycles. The number of nitrogens with one attached hydrogen (secondary N) is 1. The van der Waals surface area contributed by atoms with Crippen LogP contribution in [0.15, 0.2) is 28.7 Å². The van der Waals surface area contributed by atoms with Gasteiger partial charge in [0.25, 0.3) is 0 Å². The second kappa shape index (κ2) is 6.50. The number of halogens is 1. The third-order valence-electron chi connectivity index (χ3n) is 3.42. The quantitative estimate of drug-likeness (QED) is 0.894. The average molecular weight is 327 g/mol. The summed E-state index contributed by atoms with van der Waals surface area (Å²) in [7, 11) is 0. The number of piperidine rings is 1. The van der Waals surface area contributed by atoms with Gasteiger partial charge in [0.1, 0.15) is 0 Å². The molecule has 0 saturated carbocycles. The van der Waals surface area contributed by atoms with Crippen LogP contribution in [0.5, 0.6) is 0 Å². The molecular formula is C14H19BrN2O2. The second-order valence-electron chi connectivity index (χ2n) is 5.13. The Morgan fingerprint density at radius 1 is 1.58 bits per heavy atom. The molecular weight excluding hydrogens is 308 g/mol. The van der Waals surface area contributed by atoms with Crippen LogP contribution < -0.4 is 5.32 Å². The fraction of sp³-hybridized carbons (Fsp3) is 0.500. The molecule has 1 heterocycles. The molecule has 1 aromatic rings. The van der Waals surface area contributed by atoms with Gasteiger partial charge in [-0.1, -0.05) is 28.9 Å². The standard InChI is InChI=1S/C14H19BrN2O2/c1-10-8-17(6-5-13(10)18)9-14(19)16-12-4-2-3-11(15)7-12/h2-4,7,10,13,18H,5-6,8-9H2,1H3,(H,16,19). The summed E-state index contributed by atoms with van der Waals surface area (Å²) >= 11 is 3.38. The van der Waals surface area contributed by atoms with E-state index in [2.05, 4.69) is 26.1 Å². The summed E-state index contributed by atoms with van der Waals surface area (Å²) in [5.74, 6) is 0.217. The number of rotatable bonds is 3. The number of likely N-dealkylation sites (tertiary alicyclic amines) is 1. The molecule has 1 aliphatic heterocycles. The van der Waals surface area contributed by atoms with E-state index in [-0.39, 0.29) is 17.9 Å². The van der Waals surface area contributed by atoms with Crippen LogP contribution in [-0.2, 0) is 4.79 Å². The van der Waals surface area contributed by atoms with Gasteiger partial charge in [0.2, 0.25) is 5.91 Å². The molecule has 1 fully saturated rings. The fourth-order valence-corrected chi connectivity index (χ4v) is 2.73. The molecule has 2 N–H and O–H groups in total. The van der Waals surface area contributed by atoms with Crippen LogP contribution in [0.4, 0.5) is 5.69 Å². The lowest BCUT2D eigenvalue weighted by molar-refractivity contribution is -0.118. The molecule has 0 spiro atoms. The number of aliphatic hydroxyl groups is 1. The monoisotopic (exact) mass is 326 g/mol. The Balaban J connectivity index is 1.85. The van der Waals surface area contributed by atoms with Crippen molar-refractivity contribution >= 4 is 27.5 Å². The van der Waals surface area contributed by atoms with Gasteiger partial charge in [-0.05, 0) is 30.5 Å². The highest BCUT2D eigenvalue weighted by molar-refractivity contribution is 9.10. The Morgan fingerprint density at radius 3 is 3.05 bits per heavy atom. The first-order valence-corrected chi connectivity index (χ1v) is 7.30. The van der Waals surface area contributed by atoms with Gasteiger partial charge in [-0.25, -0.2) is 0 Å². The molecule has 1 aliphatic rings. The minimum Gasteiger partial charge on any atom is -0.393 e. The van der Waals surface area contributed by atoms with Gasteiger partial charge >= 0.3 is 0 Å². The Hall–Kier alpha value is -0.910. The number of hydrogen-bond donors (Lipinski definition) is 2. The zero-order chi connectivity index (χ0) is 13.8. The number of aliphatic hydroxyl groups excluding tert-OH is 1. The second-order valence-corrected chi connectivity index (χ2v) is 6.04. The van der Waals surface area contributed by atoms with E-state index in [1.807, 2.05) is 31.2 Å². The number of carbonyl (C=O) groups is 1. The fourth-order valence-electron chi connectivity index (χ4n) is 2.33. The predicted octanol–water partition coefficient (Wildman–Crippen LogP) is 2.09. The molecule has 104 valence electrons.